The van der Waals surface area contributed by atoms with Gasteiger partial charge in [-0.15, -0.1) is 0 Å². The fourth-order valence-corrected chi connectivity index (χ4v) is 1.15. The summed E-state index contributed by atoms with van der Waals surface area (Å²) in [7, 11) is 0. The van der Waals surface area contributed by atoms with E-state index in [2.05, 4.69) is 0 Å². The molecule has 0 bridgehead atoms. The summed E-state index contributed by atoms with van der Waals surface area (Å²) < 4.78 is 18.2. The Labute approximate surface area is 87.7 Å². The number of ether oxygens (including phenoxy) is 1. The van der Waals surface area contributed by atoms with E-state index in [1.54, 1.807) is 6.92 Å². The molecular weight excluding hydrogens is 197 g/mol. The predicted octanol–water partition coefficient (Wildman–Crippen LogP) is 2.00. The lowest BCUT2D eigenvalue weighted by atomic mass is 10.2. The molecule has 0 heterocycles. The Morgan fingerprint density at radius 2 is 2.27 bits per heavy atom. The molecule has 1 unspecified atom stereocenters. The highest BCUT2D eigenvalue weighted by atomic mass is 19.1. The van der Waals surface area contributed by atoms with Crippen LogP contribution < -0.4 is 4.74 Å². The number of hydrogen-bond acceptors (Lipinski definition) is 3. The molecule has 0 radical (unpaired) electrons. The zero-order valence-electron chi connectivity index (χ0n) is 8.40. The average molecular weight is 209 g/mol. The van der Waals surface area contributed by atoms with Crippen LogP contribution in [0.25, 0.3) is 0 Å². The third-order valence-electron chi connectivity index (χ3n) is 1.91. The highest BCUT2D eigenvalue weighted by Crippen LogP contribution is 2.18. The molecule has 1 aromatic rings. The Hall–Kier alpha value is -1.60. The Bertz CT molecular complexity index is 373. The summed E-state index contributed by atoms with van der Waals surface area (Å²) in [5.74, 6) is -0.211. The minimum Gasteiger partial charge on any atom is -0.475 e. The number of hydrogen-bond donors (Lipinski definition) is 1. The Morgan fingerprint density at radius 1 is 1.53 bits per heavy atom. The van der Waals surface area contributed by atoms with E-state index < -0.39 is 11.9 Å². The van der Waals surface area contributed by atoms with Crippen LogP contribution in [0, 0.1) is 17.1 Å². The van der Waals surface area contributed by atoms with Crippen LogP contribution in [0.15, 0.2) is 18.2 Å². The summed E-state index contributed by atoms with van der Waals surface area (Å²) in [6.45, 7) is 1.55. The molecule has 0 spiro atoms. The minimum atomic E-state index is -0.585. The zero-order chi connectivity index (χ0) is 11.3. The number of aliphatic hydroxyl groups excluding tert-OH is 1. The molecule has 15 heavy (non-hydrogen) atoms. The van der Waals surface area contributed by atoms with Gasteiger partial charge in [-0.3, -0.25) is 0 Å². The summed E-state index contributed by atoms with van der Waals surface area (Å²) in [5, 5.41) is 17.5. The molecule has 1 aromatic carbocycles. The standard InChI is InChI=1S/C11H12FNO2/c1-2-10(6-13)15-11-4-8(7-14)3-9(12)5-11/h3-5,10,14H,2,7H2,1H3. The van der Waals surface area contributed by atoms with Gasteiger partial charge in [0.15, 0.2) is 6.10 Å². The van der Waals surface area contributed by atoms with E-state index in [9.17, 15) is 4.39 Å². The second-order valence-electron chi connectivity index (χ2n) is 3.10. The van der Waals surface area contributed by atoms with Gasteiger partial charge in [0, 0.05) is 6.07 Å². The van der Waals surface area contributed by atoms with Crippen LogP contribution in [-0.2, 0) is 6.61 Å². The molecule has 0 saturated carbocycles. The Morgan fingerprint density at radius 3 is 2.80 bits per heavy atom. The fourth-order valence-electron chi connectivity index (χ4n) is 1.15. The number of aliphatic hydroxyl groups is 1. The first kappa shape index (κ1) is 11.5. The van der Waals surface area contributed by atoms with Crippen LogP contribution in [0.5, 0.6) is 5.75 Å². The van der Waals surface area contributed by atoms with Crippen molar-refractivity contribution in [2.45, 2.75) is 26.1 Å². The van der Waals surface area contributed by atoms with Crippen molar-refractivity contribution in [2.24, 2.45) is 0 Å². The molecule has 0 saturated heterocycles. The van der Waals surface area contributed by atoms with E-state index in [1.807, 2.05) is 6.07 Å². The van der Waals surface area contributed by atoms with Gasteiger partial charge in [0.2, 0.25) is 0 Å². The van der Waals surface area contributed by atoms with Gasteiger partial charge in [-0.1, -0.05) is 6.92 Å². The normalized spacial score (nSPS) is 11.9. The van der Waals surface area contributed by atoms with Gasteiger partial charge >= 0.3 is 0 Å². The van der Waals surface area contributed by atoms with Crippen molar-refractivity contribution in [1.82, 2.24) is 0 Å². The highest BCUT2D eigenvalue weighted by molar-refractivity contribution is 5.29. The summed E-state index contributed by atoms with van der Waals surface area (Å²) >= 11 is 0. The van der Waals surface area contributed by atoms with Gasteiger partial charge in [-0.25, -0.2) is 4.39 Å². The maximum atomic E-state index is 13.0. The first-order chi connectivity index (χ1) is 7.19. The van der Waals surface area contributed by atoms with Crippen molar-refractivity contribution < 1.29 is 14.2 Å². The Kier molecular flexibility index (Phi) is 4.07. The van der Waals surface area contributed by atoms with E-state index >= 15 is 0 Å². The SMILES string of the molecule is CCC(C#N)Oc1cc(F)cc(CO)c1. The highest BCUT2D eigenvalue weighted by Gasteiger charge is 2.07. The van der Waals surface area contributed by atoms with E-state index in [4.69, 9.17) is 15.1 Å². The predicted molar refractivity (Wildman–Crippen MR) is 52.6 cm³/mol. The largest absolute Gasteiger partial charge is 0.475 e. The summed E-state index contributed by atoms with van der Waals surface area (Å²) in [5.41, 5.74) is 0.429. The van der Waals surface area contributed by atoms with E-state index in [1.165, 1.54) is 18.2 Å². The van der Waals surface area contributed by atoms with Gasteiger partial charge in [0.1, 0.15) is 17.6 Å². The maximum Gasteiger partial charge on any atom is 0.184 e. The monoisotopic (exact) mass is 209 g/mol. The average Bonchev–Trinajstić information content (AvgIpc) is 2.25. The van der Waals surface area contributed by atoms with Gasteiger partial charge in [-0.05, 0) is 24.1 Å². The van der Waals surface area contributed by atoms with Crippen molar-refractivity contribution in [1.29, 1.82) is 5.26 Å². The molecule has 1 N–H and O–H groups in total. The second kappa shape index (κ2) is 5.32. The van der Waals surface area contributed by atoms with E-state index in [-0.39, 0.29) is 12.4 Å². The molecule has 0 amide bonds. The van der Waals surface area contributed by atoms with Crippen molar-refractivity contribution in [3.63, 3.8) is 0 Å². The topological polar surface area (TPSA) is 53.2 Å². The third kappa shape index (κ3) is 3.22. The summed E-state index contributed by atoms with van der Waals surface area (Å²) in [6, 6.07) is 5.88. The molecule has 1 atom stereocenters. The van der Waals surface area contributed by atoms with Crippen molar-refractivity contribution in [3.8, 4) is 11.8 Å². The molecular formula is C11H12FNO2. The van der Waals surface area contributed by atoms with E-state index in [0.29, 0.717) is 12.0 Å². The van der Waals surface area contributed by atoms with Gasteiger partial charge < -0.3 is 9.84 Å². The zero-order valence-corrected chi connectivity index (χ0v) is 8.40. The van der Waals surface area contributed by atoms with Gasteiger partial charge in [-0.2, -0.15) is 5.26 Å². The number of rotatable bonds is 4. The molecule has 4 heteroatoms. The smallest absolute Gasteiger partial charge is 0.184 e. The molecule has 0 aromatic heterocycles. The summed E-state index contributed by atoms with van der Waals surface area (Å²) in [6.07, 6.45) is -0.0556. The molecule has 1 rings (SSSR count). The molecule has 0 fully saturated rings. The van der Waals surface area contributed by atoms with Crippen LogP contribution in [0.1, 0.15) is 18.9 Å². The van der Waals surface area contributed by atoms with Gasteiger partial charge in [0.25, 0.3) is 0 Å². The molecule has 0 aliphatic heterocycles. The quantitative estimate of drug-likeness (QED) is 0.825. The van der Waals surface area contributed by atoms with Crippen LogP contribution in [0.4, 0.5) is 4.39 Å². The van der Waals surface area contributed by atoms with Crippen molar-refractivity contribution in [3.05, 3.63) is 29.6 Å². The lowest BCUT2D eigenvalue weighted by molar-refractivity contribution is 0.247. The second-order valence-corrected chi connectivity index (χ2v) is 3.10. The van der Waals surface area contributed by atoms with Crippen molar-refractivity contribution in [2.75, 3.05) is 0 Å². The minimum absolute atomic E-state index is 0.253. The molecule has 80 valence electrons. The first-order valence-corrected chi connectivity index (χ1v) is 4.66. The first-order valence-electron chi connectivity index (χ1n) is 4.66. The molecule has 0 aliphatic rings. The molecule has 0 aliphatic carbocycles. The maximum absolute atomic E-state index is 13.0. The van der Waals surface area contributed by atoms with Crippen LogP contribution in [0.3, 0.4) is 0 Å². The van der Waals surface area contributed by atoms with Crippen molar-refractivity contribution >= 4 is 0 Å². The number of nitrogens with zero attached hydrogens (tertiary/aromatic N) is 1. The number of halogens is 1. The van der Waals surface area contributed by atoms with Crippen LogP contribution >= 0.6 is 0 Å². The van der Waals surface area contributed by atoms with Crippen LogP contribution in [-0.4, -0.2) is 11.2 Å². The lowest BCUT2D eigenvalue weighted by Gasteiger charge is -2.11. The third-order valence-corrected chi connectivity index (χ3v) is 1.91. The Balaban J connectivity index is 2.85. The van der Waals surface area contributed by atoms with Crippen LogP contribution in [0.2, 0.25) is 0 Å². The van der Waals surface area contributed by atoms with E-state index in [0.717, 1.165) is 0 Å². The molecule has 3 nitrogen and oxygen atoms in total. The van der Waals surface area contributed by atoms with Gasteiger partial charge in [0.05, 0.1) is 6.61 Å². The number of nitriles is 1. The summed E-state index contributed by atoms with van der Waals surface area (Å²) in [4.78, 5) is 0. The lowest BCUT2D eigenvalue weighted by Crippen LogP contribution is -2.12. The number of benzene rings is 1. The fraction of sp³-hybridized carbons (Fsp3) is 0.364.